The standard InChI is InChI=1S/C25H25N3O5/c1-32-18-9-10-20(33-2)19(15-18)22-21(23(29)17-7-4-3-5-8-17)24(30)25(31)28(22)13-6-12-27-14-11-26-16-27/h3-5,7-11,14-16,22,29H,6,12-13H2,1-2H3/b23-21+/t22-/m1/s1. The quantitative estimate of drug-likeness (QED) is 0.323. The van der Waals surface area contributed by atoms with Crippen LogP contribution in [0.15, 0.2) is 72.8 Å². The Morgan fingerprint density at radius 3 is 2.52 bits per heavy atom. The number of carbonyl (C=O) groups excluding carboxylic acids is 2. The van der Waals surface area contributed by atoms with Crippen LogP contribution in [0.3, 0.4) is 0 Å². The van der Waals surface area contributed by atoms with Crippen molar-refractivity contribution in [3.05, 3.63) is 84.0 Å². The van der Waals surface area contributed by atoms with Crippen molar-refractivity contribution >= 4 is 17.4 Å². The van der Waals surface area contributed by atoms with Crippen molar-refractivity contribution in [1.29, 1.82) is 0 Å². The first-order valence-electron chi connectivity index (χ1n) is 10.6. The lowest BCUT2D eigenvalue weighted by Gasteiger charge is -2.27. The van der Waals surface area contributed by atoms with Crippen LogP contribution in [-0.2, 0) is 16.1 Å². The maximum atomic E-state index is 13.2. The zero-order valence-electron chi connectivity index (χ0n) is 18.5. The Labute approximate surface area is 191 Å². The molecule has 0 unspecified atom stereocenters. The molecule has 1 amide bonds. The Kier molecular flexibility index (Phi) is 6.44. The molecule has 2 aromatic carbocycles. The number of amides is 1. The van der Waals surface area contributed by atoms with E-state index in [0.717, 1.165) is 0 Å². The molecule has 3 aromatic rings. The topological polar surface area (TPSA) is 93.9 Å². The number of aromatic nitrogens is 2. The van der Waals surface area contributed by atoms with Crippen molar-refractivity contribution in [2.24, 2.45) is 0 Å². The number of rotatable bonds is 8. The molecule has 8 heteroatoms. The zero-order valence-corrected chi connectivity index (χ0v) is 18.5. The summed E-state index contributed by atoms with van der Waals surface area (Å²) < 4.78 is 12.8. The van der Waals surface area contributed by atoms with E-state index in [0.29, 0.717) is 42.1 Å². The van der Waals surface area contributed by atoms with E-state index in [9.17, 15) is 14.7 Å². The van der Waals surface area contributed by atoms with E-state index in [4.69, 9.17) is 9.47 Å². The second-order valence-electron chi connectivity index (χ2n) is 7.62. The van der Waals surface area contributed by atoms with Gasteiger partial charge in [0.1, 0.15) is 17.3 Å². The van der Waals surface area contributed by atoms with E-state index in [1.54, 1.807) is 55.0 Å². The lowest BCUT2D eigenvalue weighted by Crippen LogP contribution is -2.31. The van der Waals surface area contributed by atoms with Crippen LogP contribution in [0.25, 0.3) is 5.76 Å². The van der Waals surface area contributed by atoms with Gasteiger partial charge in [0, 0.05) is 36.6 Å². The fourth-order valence-corrected chi connectivity index (χ4v) is 4.08. The molecular formula is C25H25N3O5. The molecule has 0 bridgehead atoms. The van der Waals surface area contributed by atoms with Gasteiger partial charge in [-0.05, 0) is 24.6 Å². The summed E-state index contributed by atoms with van der Waals surface area (Å²) in [5.41, 5.74) is 1.05. The van der Waals surface area contributed by atoms with Crippen LogP contribution in [-0.4, -0.2) is 52.0 Å². The summed E-state index contributed by atoms with van der Waals surface area (Å²) in [6.07, 6.45) is 5.82. The second-order valence-corrected chi connectivity index (χ2v) is 7.62. The van der Waals surface area contributed by atoms with Crippen LogP contribution < -0.4 is 9.47 Å². The van der Waals surface area contributed by atoms with Crippen molar-refractivity contribution < 1.29 is 24.2 Å². The predicted octanol–water partition coefficient (Wildman–Crippen LogP) is 3.41. The molecule has 0 spiro atoms. The van der Waals surface area contributed by atoms with E-state index in [2.05, 4.69) is 4.98 Å². The van der Waals surface area contributed by atoms with Crippen LogP contribution in [0.4, 0.5) is 0 Å². The number of aliphatic hydroxyl groups excluding tert-OH is 1. The highest BCUT2D eigenvalue weighted by Gasteiger charge is 2.47. The van der Waals surface area contributed by atoms with Gasteiger partial charge in [-0.15, -0.1) is 0 Å². The molecule has 4 rings (SSSR count). The summed E-state index contributed by atoms with van der Waals surface area (Å²) in [6, 6.07) is 13.1. The molecule has 1 aliphatic rings. The smallest absolute Gasteiger partial charge is 0.295 e. The Bertz CT molecular complexity index is 1170. The van der Waals surface area contributed by atoms with Gasteiger partial charge >= 0.3 is 0 Å². The van der Waals surface area contributed by atoms with Gasteiger partial charge in [0.25, 0.3) is 11.7 Å². The molecule has 170 valence electrons. The number of likely N-dealkylation sites (tertiary alicyclic amines) is 1. The number of imidazole rings is 1. The normalized spacial score (nSPS) is 17.4. The molecule has 1 N–H and O–H groups in total. The van der Waals surface area contributed by atoms with Crippen LogP contribution in [0.5, 0.6) is 11.5 Å². The minimum Gasteiger partial charge on any atom is -0.507 e. The molecule has 1 aromatic heterocycles. The number of nitrogens with zero attached hydrogens (tertiary/aromatic N) is 3. The third-order valence-electron chi connectivity index (χ3n) is 5.69. The Morgan fingerprint density at radius 1 is 1.06 bits per heavy atom. The van der Waals surface area contributed by atoms with E-state index in [-0.39, 0.29) is 11.3 Å². The van der Waals surface area contributed by atoms with E-state index >= 15 is 0 Å². The third-order valence-corrected chi connectivity index (χ3v) is 5.69. The first kappa shape index (κ1) is 22.1. The van der Waals surface area contributed by atoms with E-state index < -0.39 is 17.7 Å². The first-order chi connectivity index (χ1) is 16.0. The minimum absolute atomic E-state index is 0.0281. The SMILES string of the molecule is COc1ccc(OC)c([C@@H]2/C(=C(\O)c3ccccc3)C(=O)C(=O)N2CCCn2ccnc2)c1. The number of Topliss-reactive ketones (excluding diaryl/α,β-unsaturated/α-hetero) is 1. The largest absolute Gasteiger partial charge is 0.507 e. The first-order valence-corrected chi connectivity index (χ1v) is 10.6. The van der Waals surface area contributed by atoms with Gasteiger partial charge in [-0.25, -0.2) is 4.98 Å². The van der Waals surface area contributed by atoms with Gasteiger partial charge in [-0.3, -0.25) is 9.59 Å². The predicted molar refractivity (Wildman–Crippen MR) is 122 cm³/mol. The van der Waals surface area contributed by atoms with Gasteiger partial charge in [0.2, 0.25) is 0 Å². The van der Waals surface area contributed by atoms with Crippen LogP contribution in [0.1, 0.15) is 23.6 Å². The highest BCUT2D eigenvalue weighted by Crippen LogP contribution is 2.43. The molecule has 1 fully saturated rings. The third kappa shape index (κ3) is 4.32. The number of benzene rings is 2. The molecule has 33 heavy (non-hydrogen) atoms. The number of methoxy groups -OCH3 is 2. The fraction of sp³-hybridized carbons (Fsp3) is 0.240. The van der Waals surface area contributed by atoms with Crippen LogP contribution >= 0.6 is 0 Å². The average Bonchev–Trinajstić information content (AvgIpc) is 3.46. The second kappa shape index (κ2) is 9.60. The molecule has 1 saturated heterocycles. The number of ketones is 1. The lowest BCUT2D eigenvalue weighted by atomic mass is 9.94. The molecular weight excluding hydrogens is 422 g/mol. The summed E-state index contributed by atoms with van der Waals surface area (Å²) in [4.78, 5) is 31.8. The van der Waals surface area contributed by atoms with Gasteiger partial charge in [-0.2, -0.15) is 0 Å². The molecule has 1 aliphatic heterocycles. The Balaban J connectivity index is 1.80. The van der Waals surface area contributed by atoms with Crippen LogP contribution in [0, 0.1) is 0 Å². The minimum atomic E-state index is -0.821. The van der Waals surface area contributed by atoms with Crippen molar-refractivity contribution in [2.45, 2.75) is 19.0 Å². The van der Waals surface area contributed by atoms with E-state index in [1.165, 1.54) is 19.1 Å². The van der Waals surface area contributed by atoms with Gasteiger partial charge in [0.05, 0.1) is 32.2 Å². The van der Waals surface area contributed by atoms with Crippen molar-refractivity contribution in [3.63, 3.8) is 0 Å². The maximum absolute atomic E-state index is 13.2. The van der Waals surface area contributed by atoms with Crippen LogP contribution in [0.2, 0.25) is 0 Å². The Morgan fingerprint density at radius 2 is 1.85 bits per heavy atom. The summed E-state index contributed by atoms with van der Waals surface area (Å²) in [5, 5.41) is 11.1. The number of ether oxygens (including phenoxy) is 2. The fourth-order valence-electron chi connectivity index (χ4n) is 4.08. The monoisotopic (exact) mass is 447 g/mol. The number of carbonyl (C=O) groups is 2. The van der Waals surface area contributed by atoms with Gasteiger partial charge in [0.15, 0.2) is 0 Å². The summed E-state index contributed by atoms with van der Waals surface area (Å²) >= 11 is 0. The zero-order chi connectivity index (χ0) is 23.4. The number of hydrogen-bond donors (Lipinski definition) is 1. The number of aryl methyl sites for hydroxylation is 1. The van der Waals surface area contributed by atoms with E-state index in [1.807, 2.05) is 16.8 Å². The molecule has 0 aliphatic carbocycles. The number of hydrogen-bond acceptors (Lipinski definition) is 6. The lowest BCUT2D eigenvalue weighted by molar-refractivity contribution is -0.140. The molecule has 0 radical (unpaired) electrons. The maximum Gasteiger partial charge on any atom is 0.295 e. The molecule has 8 nitrogen and oxygen atoms in total. The average molecular weight is 447 g/mol. The van der Waals surface area contributed by atoms with Crippen molar-refractivity contribution in [2.75, 3.05) is 20.8 Å². The highest BCUT2D eigenvalue weighted by atomic mass is 16.5. The molecule has 1 atom stereocenters. The van der Waals surface area contributed by atoms with Gasteiger partial charge in [-0.1, -0.05) is 30.3 Å². The Hall–Kier alpha value is -4.07. The van der Waals surface area contributed by atoms with Crippen molar-refractivity contribution in [1.82, 2.24) is 14.5 Å². The highest BCUT2D eigenvalue weighted by molar-refractivity contribution is 6.46. The molecule has 0 saturated carbocycles. The summed E-state index contributed by atoms with van der Waals surface area (Å²) in [7, 11) is 3.06. The van der Waals surface area contributed by atoms with Crippen molar-refractivity contribution in [3.8, 4) is 11.5 Å². The van der Waals surface area contributed by atoms with Gasteiger partial charge < -0.3 is 24.0 Å². The number of aliphatic hydroxyl groups is 1. The summed E-state index contributed by atoms with van der Waals surface area (Å²) in [6.45, 7) is 0.934. The molecule has 2 heterocycles. The summed E-state index contributed by atoms with van der Waals surface area (Å²) in [5.74, 6) is -0.571.